The van der Waals surface area contributed by atoms with E-state index in [2.05, 4.69) is 25.6 Å². The molecule has 4 N–H and O–H groups in total. The second kappa shape index (κ2) is 7.14. The van der Waals surface area contributed by atoms with E-state index in [-0.39, 0.29) is 0 Å². The highest BCUT2D eigenvalue weighted by Gasteiger charge is 2.13. The zero-order chi connectivity index (χ0) is 17.8. The molecule has 0 amide bonds. The van der Waals surface area contributed by atoms with Crippen LogP contribution < -0.4 is 25.8 Å². The Balaban J connectivity index is 1.50. The summed E-state index contributed by atoms with van der Waals surface area (Å²) < 4.78 is 11.1. The number of aromatic nitrogens is 3. The third-order valence-corrected chi connectivity index (χ3v) is 3.87. The van der Waals surface area contributed by atoms with Crippen molar-refractivity contribution in [2.45, 2.75) is 6.54 Å². The molecule has 8 heteroatoms. The fourth-order valence-corrected chi connectivity index (χ4v) is 2.58. The molecule has 8 nitrogen and oxygen atoms in total. The van der Waals surface area contributed by atoms with Crippen LogP contribution in [0.1, 0.15) is 5.56 Å². The highest BCUT2D eigenvalue weighted by atomic mass is 16.6. The van der Waals surface area contributed by atoms with Crippen molar-refractivity contribution in [2.24, 2.45) is 0 Å². The number of nitrogen functional groups attached to an aromatic ring is 1. The van der Waals surface area contributed by atoms with Gasteiger partial charge in [-0.15, -0.1) is 0 Å². The van der Waals surface area contributed by atoms with Gasteiger partial charge in [0.25, 0.3) is 0 Å². The second-order valence-corrected chi connectivity index (χ2v) is 5.68. The number of fused-ring (bicyclic) bond motifs is 1. The molecule has 1 aliphatic heterocycles. The standard InChI is InChI=1S/C18H18N6O2/c19-16-17(21-10-12-2-1-5-20-9-12)22-11-23-18(16)24-13-3-4-14-15(8-13)26-7-6-25-14/h1-5,8-9,11H,6-7,10,19H2,(H2,21,22,23,24). The van der Waals surface area contributed by atoms with E-state index in [0.29, 0.717) is 42.8 Å². The molecule has 0 fully saturated rings. The Kier molecular flexibility index (Phi) is 4.38. The minimum Gasteiger partial charge on any atom is -0.486 e. The van der Waals surface area contributed by atoms with Crippen LogP contribution >= 0.6 is 0 Å². The number of nitrogens with two attached hydrogens (primary N) is 1. The summed E-state index contributed by atoms with van der Waals surface area (Å²) in [6, 6.07) is 9.47. The molecule has 1 aliphatic rings. The molecule has 0 radical (unpaired) electrons. The first-order valence-corrected chi connectivity index (χ1v) is 8.19. The first kappa shape index (κ1) is 15.9. The Labute approximate surface area is 150 Å². The molecule has 0 saturated heterocycles. The smallest absolute Gasteiger partial charge is 0.163 e. The Bertz CT molecular complexity index is 903. The van der Waals surface area contributed by atoms with Crippen LogP contribution in [0, 0.1) is 0 Å². The average Bonchev–Trinajstić information content (AvgIpc) is 2.69. The summed E-state index contributed by atoms with van der Waals surface area (Å²) in [7, 11) is 0. The van der Waals surface area contributed by atoms with Gasteiger partial charge in [0.2, 0.25) is 0 Å². The van der Waals surface area contributed by atoms with E-state index < -0.39 is 0 Å². The third kappa shape index (κ3) is 3.44. The second-order valence-electron chi connectivity index (χ2n) is 5.68. The van der Waals surface area contributed by atoms with Gasteiger partial charge in [0.1, 0.15) is 25.2 Å². The highest BCUT2D eigenvalue weighted by molar-refractivity contribution is 5.78. The Hall–Kier alpha value is -3.55. The molecule has 0 atom stereocenters. The van der Waals surface area contributed by atoms with Gasteiger partial charge in [0.15, 0.2) is 23.1 Å². The van der Waals surface area contributed by atoms with Gasteiger partial charge >= 0.3 is 0 Å². The minimum atomic E-state index is 0.436. The van der Waals surface area contributed by atoms with Gasteiger partial charge < -0.3 is 25.8 Å². The molecular weight excluding hydrogens is 332 g/mol. The number of pyridine rings is 1. The van der Waals surface area contributed by atoms with Gasteiger partial charge in [-0.1, -0.05) is 6.07 Å². The lowest BCUT2D eigenvalue weighted by molar-refractivity contribution is 0.171. The zero-order valence-corrected chi connectivity index (χ0v) is 14.0. The Morgan fingerprint density at radius 3 is 2.73 bits per heavy atom. The molecule has 132 valence electrons. The number of rotatable bonds is 5. The quantitative estimate of drug-likeness (QED) is 0.644. The van der Waals surface area contributed by atoms with Crippen molar-refractivity contribution in [3.05, 3.63) is 54.6 Å². The van der Waals surface area contributed by atoms with Crippen molar-refractivity contribution >= 4 is 23.0 Å². The molecule has 3 heterocycles. The van der Waals surface area contributed by atoms with Crippen molar-refractivity contribution < 1.29 is 9.47 Å². The molecule has 3 aromatic rings. The lowest BCUT2D eigenvalue weighted by Crippen LogP contribution is -2.15. The maximum Gasteiger partial charge on any atom is 0.163 e. The number of nitrogens with zero attached hydrogens (tertiary/aromatic N) is 3. The number of benzene rings is 1. The van der Waals surface area contributed by atoms with Gasteiger partial charge in [-0.25, -0.2) is 9.97 Å². The first-order valence-electron chi connectivity index (χ1n) is 8.19. The van der Waals surface area contributed by atoms with Crippen LogP contribution in [-0.4, -0.2) is 28.2 Å². The topological polar surface area (TPSA) is 107 Å². The van der Waals surface area contributed by atoms with Crippen molar-refractivity contribution in [3.8, 4) is 11.5 Å². The minimum absolute atomic E-state index is 0.436. The molecule has 4 rings (SSSR count). The monoisotopic (exact) mass is 350 g/mol. The molecule has 0 aliphatic carbocycles. The summed E-state index contributed by atoms with van der Waals surface area (Å²) in [4.78, 5) is 12.5. The van der Waals surface area contributed by atoms with E-state index >= 15 is 0 Å². The summed E-state index contributed by atoms with van der Waals surface area (Å²) in [6.07, 6.45) is 4.99. The predicted molar refractivity (Wildman–Crippen MR) is 98.7 cm³/mol. The molecular formula is C18H18N6O2. The molecule has 0 bridgehead atoms. The van der Waals surface area contributed by atoms with E-state index in [9.17, 15) is 0 Å². The molecule has 0 saturated carbocycles. The number of anilines is 4. The normalized spacial score (nSPS) is 12.5. The van der Waals surface area contributed by atoms with Crippen molar-refractivity contribution in [1.29, 1.82) is 0 Å². The van der Waals surface area contributed by atoms with E-state index in [4.69, 9.17) is 15.2 Å². The highest BCUT2D eigenvalue weighted by Crippen LogP contribution is 2.34. The SMILES string of the molecule is Nc1c(NCc2cccnc2)ncnc1Nc1ccc2c(c1)OCCO2. The van der Waals surface area contributed by atoms with Crippen LogP contribution in [0.5, 0.6) is 11.5 Å². The fraction of sp³-hybridized carbons (Fsp3) is 0.167. The van der Waals surface area contributed by atoms with Gasteiger partial charge in [-0.3, -0.25) is 4.98 Å². The Morgan fingerprint density at radius 2 is 1.88 bits per heavy atom. The summed E-state index contributed by atoms with van der Waals surface area (Å²) in [6.45, 7) is 1.66. The predicted octanol–water partition coefficient (Wildman–Crippen LogP) is 2.58. The van der Waals surface area contributed by atoms with Crippen LogP contribution in [0.25, 0.3) is 0 Å². The van der Waals surface area contributed by atoms with Crippen molar-refractivity contribution in [3.63, 3.8) is 0 Å². The average molecular weight is 350 g/mol. The van der Waals surface area contributed by atoms with Gasteiger partial charge in [-0.05, 0) is 23.8 Å². The molecule has 0 spiro atoms. The van der Waals surface area contributed by atoms with Crippen LogP contribution in [0.4, 0.5) is 23.0 Å². The maximum absolute atomic E-state index is 6.21. The third-order valence-electron chi connectivity index (χ3n) is 3.87. The summed E-state index contributed by atoms with van der Waals surface area (Å²) in [5.41, 5.74) is 8.49. The zero-order valence-electron chi connectivity index (χ0n) is 14.0. The molecule has 0 unspecified atom stereocenters. The maximum atomic E-state index is 6.21. The number of hydrogen-bond acceptors (Lipinski definition) is 8. The lowest BCUT2D eigenvalue weighted by Gasteiger charge is -2.19. The Morgan fingerprint density at radius 1 is 1.04 bits per heavy atom. The van der Waals surface area contributed by atoms with Crippen molar-refractivity contribution in [1.82, 2.24) is 15.0 Å². The van der Waals surface area contributed by atoms with E-state index in [1.165, 1.54) is 6.33 Å². The van der Waals surface area contributed by atoms with E-state index in [0.717, 1.165) is 17.0 Å². The van der Waals surface area contributed by atoms with Gasteiger partial charge in [-0.2, -0.15) is 0 Å². The summed E-state index contributed by atoms with van der Waals surface area (Å²) in [5.74, 6) is 2.51. The van der Waals surface area contributed by atoms with E-state index in [1.807, 2.05) is 30.3 Å². The van der Waals surface area contributed by atoms with Crippen molar-refractivity contribution in [2.75, 3.05) is 29.6 Å². The number of hydrogen-bond donors (Lipinski definition) is 3. The van der Waals surface area contributed by atoms with E-state index in [1.54, 1.807) is 12.4 Å². The first-order chi connectivity index (χ1) is 12.8. The number of nitrogens with one attached hydrogen (secondary N) is 2. The lowest BCUT2D eigenvalue weighted by atomic mass is 10.2. The van der Waals surface area contributed by atoms with Gasteiger partial charge in [0, 0.05) is 30.7 Å². The van der Waals surface area contributed by atoms with Crippen LogP contribution in [0.2, 0.25) is 0 Å². The number of ether oxygens (including phenoxy) is 2. The fourth-order valence-electron chi connectivity index (χ4n) is 2.58. The summed E-state index contributed by atoms with van der Waals surface area (Å²) >= 11 is 0. The largest absolute Gasteiger partial charge is 0.486 e. The van der Waals surface area contributed by atoms with Crippen LogP contribution in [0.3, 0.4) is 0 Å². The van der Waals surface area contributed by atoms with Gasteiger partial charge in [0.05, 0.1) is 0 Å². The van der Waals surface area contributed by atoms with Crippen LogP contribution in [0.15, 0.2) is 49.1 Å². The van der Waals surface area contributed by atoms with Crippen LogP contribution in [-0.2, 0) is 6.54 Å². The molecule has 2 aromatic heterocycles. The molecule has 1 aromatic carbocycles. The molecule has 26 heavy (non-hydrogen) atoms. The summed E-state index contributed by atoms with van der Waals surface area (Å²) in [5, 5.41) is 6.40.